The molecule has 6 nitrogen and oxygen atoms in total. The minimum Gasteiger partial charge on any atom is -0.477 e. The number of ether oxygens (including phenoxy) is 2. The summed E-state index contributed by atoms with van der Waals surface area (Å²) in [7, 11) is 0. The van der Waals surface area contributed by atoms with E-state index in [9.17, 15) is 4.79 Å². The monoisotopic (exact) mass is 281 g/mol. The minimum atomic E-state index is -0.192. The van der Waals surface area contributed by atoms with E-state index >= 15 is 0 Å². The Kier molecular flexibility index (Phi) is 7.39. The molecule has 1 aromatic rings. The van der Waals surface area contributed by atoms with Gasteiger partial charge in [-0.25, -0.2) is 0 Å². The van der Waals surface area contributed by atoms with E-state index in [4.69, 9.17) is 9.47 Å². The van der Waals surface area contributed by atoms with Crippen LogP contribution in [-0.2, 0) is 4.79 Å². The van der Waals surface area contributed by atoms with Crippen LogP contribution in [0.2, 0.25) is 0 Å². The Balaban J connectivity index is 2.74. The summed E-state index contributed by atoms with van der Waals surface area (Å²) in [5, 5.41) is 2.62. The van der Waals surface area contributed by atoms with Crippen molar-refractivity contribution >= 4 is 11.7 Å². The molecule has 0 aliphatic heterocycles. The number of anilines is 1. The van der Waals surface area contributed by atoms with Gasteiger partial charge in [0.25, 0.3) is 0 Å². The molecule has 0 bridgehead atoms. The first kappa shape index (κ1) is 16.2. The van der Waals surface area contributed by atoms with Crippen LogP contribution in [0.4, 0.5) is 5.82 Å². The van der Waals surface area contributed by atoms with Gasteiger partial charge in [-0.1, -0.05) is 26.7 Å². The number of nitrogens with one attached hydrogen (secondary N) is 1. The zero-order valence-electron chi connectivity index (χ0n) is 12.4. The number of unbranched alkanes of at least 4 members (excludes halogenated alkanes) is 2. The van der Waals surface area contributed by atoms with E-state index in [0.29, 0.717) is 24.9 Å². The summed E-state index contributed by atoms with van der Waals surface area (Å²) in [5.74, 6) is 0.622. The number of hydrogen-bond donors (Lipinski definition) is 1. The molecule has 0 saturated heterocycles. The van der Waals surface area contributed by atoms with Crippen LogP contribution >= 0.6 is 0 Å². The Morgan fingerprint density at radius 3 is 2.40 bits per heavy atom. The average Bonchev–Trinajstić information content (AvgIpc) is 2.38. The highest BCUT2D eigenvalue weighted by molar-refractivity contribution is 5.87. The molecule has 0 spiro atoms. The zero-order chi connectivity index (χ0) is 14.8. The summed E-state index contributed by atoms with van der Waals surface area (Å²) in [6.07, 6.45) is 3.96. The number of hydrogen-bond acceptors (Lipinski definition) is 5. The summed E-state index contributed by atoms with van der Waals surface area (Å²) in [6.45, 7) is 6.73. The molecule has 0 aliphatic rings. The molecule has 0 aliphatic carbocycles. The van der Waals surface area contributed by atoms with Gasteiger partial charge in [-0.3, -0.25) is 4.79 Å². The maximum absolute atomic E-state index is 11.1. The Hall–Kier alpha value is -1.85. The number of nitrogens with zero attached hydrogens (tertiary/aromatic N) is 2. The molecule has 0 fully saturated rings. The van der Waals surface area contributed by atoms with Crippen LogP contribution in [0.3, 0.4) is 0 Å². The van der Waals surface area contributed by atoms with Crippen LogP contribution in [0, 0.1) is 0 Å². The number of rotatable bonds is 9. The molecule has 6 heteroatoms. The predicted octanol–water partition coefficient (Wildman–Crippen LogP) is 2.79. The molecular weight excluding hydrogens is 258 g/mol. The second-order valence-electron chi connectivity index (χ2n) is 4.46. The van der Waals surface area contributed by atoms with Gasteiger partial charge in [0.05, 0.1) is 13.2 Å². The molecular formula is C14H23N3O3. The fraction of sp³-hybridized carbons (Fsp3) is 0.643. The van der Waals surface area contributed by atoms with Gasteiger partial charge >= 0.3 is 6.01 Å². The molecule has 0 aromatic carbocycles. The summed E-state index contributed by atoms with van der Waals surface area (Å²) < 4.78 is 11.0. The molecule has 20 heavy (non-hydrogen) atoms. The third kappa shape index (κ3) is 6.36. The summed E-state index contributed by atoms with van der Waals surface area (Å²) in [6, 6.07) is 1.83. The van der Waals surface area contributed by atoms with E-state index in [1.807, 2.05) is 0 Å². The van der Waals surface area contributed by atoms with Crippen molar-refractivity contribution in [2.75, 3.05) is 18.5 Å². The van der Waals surface area contributed by atoms with Gasteiger partial charge in [-0.15, -0.1) is 0 Å². The van der Waals surface area contributed by atoms with E-state index < -0.39 is 0 Å². The smallest absolute Gasteiger partial charge is 0.321 e. The second kappa shape index (κ2) is 9.12. The van der Waals surface area contributed by atoms with Crippen molar-refractivity contribution in [2.24, 2.45) is 0 Å². The lowest BCUT2D eigenvalue weighted by atomic mass is 10.4. The Labute approximate surface area is 119 Å². The summed E-state index contributed by atoms with van der Waals surface area (Å²) >= 11 is 0. The highest BCUT2D eigenvalue weighted by Crippen LogP contribution is 2.18. The minimum absolute atomic E-state index is 0.192. The van der Waals surface area contributed by atoms with E-state index in [1.165, 1.54) is 6.92 Å². The number of amides is 1. The maximum atomic E-state index is 11.1. The first-order valence-electron chi connectivity index (χ1n) is 7.08. The standard InChI is InChI=1S/C14H23N3O3/c1-4-6-8-19-13-10-12(15-11(3)18)16-14(17-13)20-9-7-5-2/h10H,4-9H2,1-3H3,(H,15,16,17,18). The summed E-state index contributed by atoms with van der Waals surface area (Å²) in [5.41, 5.74) is 0. The quantitative estimate of drug-likeness (QED) is 0.704. The molecule has 1 aromatic heterocycles. The van der Waals surface area contributed by atoms with Crippen molar-refractivity contribution in [1.29, 1.82) is 0 Å². The van der Waals surface area contributed by atoms with Crippen LogP contribution in [0.25, 0.3) is 0 Å². The molecule has 1 amide bonds. The van der Waals surface area contributed by atoms with Gasteiger partial charge in [0.1, 0.15) is 5.82 Å². The largest absolute Gasteiger partial charge is 0.477 e. The van der Waals surface area contributed by atoms with Crippen molar-refractivity contribution in [3.63, 3.8) is 0 Å². The molecule has 0 atom stereocenters. The van der Waals surface area contributed by atoms with Crippen molar-refractivity contribution in [2.45, 2.75) is 46.5 Å². The first-order valence-corrected chi connectivity index (χ1v) is 7.08. The Morgan fingerprint density at radius 2 is 1.80 bits per heavy atom. The second-order valence-corrected chi connectivity index (χ2v) is 4.46. The van der Waals surface area contributed by atoms with Gasteiger partial charge < -0.3 is 14.8 Å². The van der Waals surface area contributed by atoms with Crippen molar-refractivity contribution in [3.8, 4) is 11.9 Å². The fourth-order valence-corrected chi connectivity index (χ4v) is 1.42. The summed E-state index contributed by atoms with van der Waals surface area (Å²) in [4.78, 5) is 19.4. The highest BCUT2D eigenvalue weighted by Gasteiger charge is 2.08. The zero-order valence-corrected chi connectivity index (χ0v) is 12.4. The number of carbonyl (C=O) groups is 1. The Morgan fingerprint density at radius 1 is 1.15 bits per heavy atom. The van der Waals surface area contributed by atoms with Gasteiger partial charge in [0, 0.05) is 13.0 Å². The highest BCUT2D eigenvalue weighted by atomic mass is 16.5. The number of carbonyl (C=O) groups excluding carboxylic acids is 1. The van der Waals surface area contributed by atoms with Crippen LogP contribution < -0.4 is 14.8 Å². The Bertz CT molecular complexity index is 396. The lowest BCUT2D eigenvalue weighted by molar-refractivity contribution is -0.114. The third-order valence-corrected chi connectivity index (χ3v) is 2.46. The first-order chi connectivity index (χ1) is 9.65. The van der Waals surface area contributed by atoms with Crippen molar-refractivity contribution in [3.05, 3.63) is 6.07 Å². The molecule has 0 saturated carbocycles. The molecule has 1 rings (SSSR count). The molecule has 1 N–H and O–H groups in total. The van der Waals surface area contributed by atoms with Gasteiger partial charge in [-0.05, 0) is 12.8 Å². The van der Waals surface area contributed by atoms with Crippen LogP contribution in [0.15, 0.2) is 6.07 Å². The lowest BCUT2D eigenvalue weighted by Crippen LogP contribution is -2.10. The molecule has 1 heterocycles. The normalized spacial score (nSPS) is 10.2. The third-order valence-electron chi connectivity index (χ3n) is 2.46. The average molecular weight is 281 g/mol. The van der Waals surface area contributed by atoms with E-state index in [1.54, 1.807) is 6.07 Å². The lowest BCUT2D eigenvalue weighted by Gasteiger charge is -2.10. The van der Waals surface area contributed by atoms with Crippen LogP contribution in [0.5, 0.6) is 11.9 Å². The van der Waals surface area contributed by atoms with Crippen LogP contribution in [-0.4, -0.2) is 29.1 Å². The molecule has 0 unspecified atom stereocenters. The molecule has 112 valence electrons. The SMILES string of the molecule is CCCCOc1cc(NC(C)=O)nc(OCCCC)n1. The van der Waals surface area contributed by atoms with Crippen molar-refractivity contribution < 1.29 is 14.3 Å². The van der Waals surface area contributed by atoms with Crippen molar-refractivity contribution in [1.82, 2.24) is 9.97 Å². The van der Waals surface area contributed by atoms with E-state index in [2.05, 4.69) is 29.1 Å². The number of aromatic nitrogens is 2. The predicted molar refractivity (Wildman–Crippen MR) is 77.1 cm³/mol. The maximum Gasteiger partial charge on any atom is 0.321 e. The van der Waals surface area contributed by atoms with E-state index in [-0.39, 0.29) is 11.9 Å². The van der Waals surface area contributed by atoms with Gasteiger partial charge in [-0.2, -0.15) is 9.97 Å². The molecule has 0 radical (unpaired) electrons. The fourth-order valence-electron chi connectivity index (χ4n) is 1.42. The van der Waals surface area contributed by atoms with E-state index in [0.717, 1.165) is 25.7 Å². The topological polar surface area (TPSA) is 73.3 Å². The van der Waals surface area contributed by atoms with Crippen LogP contribution in [0.1, 0.15) is 46.5 Å². The van der Waals surface area contributed by atoms with Gasteiger partial charge in [0.15, 0.2) is 0 Å². The van der Waals surface area contributed by atoms with Gasteiger partial charge in [0.2, 0.25) is 11.8 Å².